The van der Waals surface area contributed by atoms with E-state index in [9.17, 15) is 18.0 Å². The van der Waals surface area contributed by atoms with Crippen LogP contribution in [-0.4, -0.2) is 26.3 Å². The zero-order valence-electron chi connectivity index (χ0n) is 13.9. The molecule has 1 aromatic rings. The van der Waals surface area contributed by atoms with E-state index in [0.29, 0.717) is 0 Å². The number of benzene rings is 1. The van der Waals surface area contributed by atoms with E-state index in [1.54, 1.807) is 26.0 Å². The number of hydrazine groups is 1. The maximum Gasteiger partial charge on any atom is 0.324 e. The summed E-state index contributed by atoms with van der Waals surface area (Å²) in [4.78, 5) is 24.8. The minimum absolute atomic E-state index is 0.00457. The molecule has 0 unspecified atom stereocenters. The Morgan fingerprint density at radius 1 is 1.00 bits per heavy atom. The molecule has 0 spiro atoms. The molecular weight excluding hydrogens is 318 g/mol. The normalized spacial score (nSPS) is 12.1. The van der Waals surface area contributed by atoms with E-state index in [0.717, 1.165) is 5.56 Å². The molecule has 7 nitrogen and oxygen atoms in total. The molecule has 0 saturated heterocycles. The topological polar surface area (TPSA) is 104 Å². The molecule has 23 heavy (non-hydrogen) atoms. The summed E-state index contributed by atoms with van der Waals surface area (Å²) in [6.07, 6.45) is 0. The van der Waals surface area contributed by atoms with E-state index in [1.807, 2.05) is 31.0 Å². The third-order valence-corrected chi connectivity index (χ3v) is 4.22. The quantitative estimate of drug-likeness (QED) is 0.557. The predicted molar refractivity (Wildman–Crippen MR) is 86.9 cm³/mol. The zero-order chi connectivity index (χ0) is 17.8. The van der Waals surface area contributed by atoms with Gasteiger partial charge in [-0.15, -0.1) is 4.83 Å². The number of amides is 2. The van der Waals surface area contributed by atoms with Crippen molar-refractivity contribution in [3.05, 3.63) is 29.8 Å². The molecule has 0 aliphatic rings. The number of carbonyl (C=O) groups excluding carboxylic acids is 2. The summed E-state index contributed by atoms with van der Waals surface area (Å²) in [7, 11) is -3.94. The van der Waals surface area contributed by atoms with E-state index in [2.05, 4.69) is 5.32 Å². The van der Waals surface area contributed by atoms with E-state index >= 15 is 0 Å². The third kappa shape index (κ3) is 5.65. The van der Waals surface area contributed by atoms with Gasteiger partial charge in [-0.2, -0.15) is 0 Å². The van der Waals surface area contributed by atoms with Gasteiger partial charge in [0.15, 0.2) is 0 Å². The SMILES string of the molecule is CC(C)NC(=O)C(=O)NNS(=O)(=O)c1ccc(C(C)(C)C)cc1. The average molecular weight is 341 g/mol. The molecule has 0 saturated carbocycles. The van der Waals surface area contributed by atoms with Crippen molar-refractivity contribution in [2.75, 3.05) is 0 Å². The van der Waals surface area contributed by atoms with E-state index < -0.39 is 21.8 Å². The van der Waals surface area contributed by atoms with Crippen molar-refractivity contribution >= 4 is 21.8 Å². The molecule has 2 amide bonds. The number of nitrogens with one attached hydrogen (secondary N) is 3. The Kier molecular flexibility index (Phi) is 5.90. The van der Waals surface area contributed by atoms with Gasteiger partial charge in [0.05, 0.1) is 4.90 Å². The van der Waals surface area contributed by atoms with Crippen LogP contribution in [0.5, 0.6) is 0 Å². The zero-order valence-corrected chi connectivity index (χ0v) is 14.7. The van der Waals surface area contributed by atoms with Crippen LogP contribution < -0.4 is 15.6 Å². The largest absolute Gasteiger partial charge is 0.346 e. The summed E-state index contributed by atoms with van der Waals surface area (Å²) in [5.41, 5.74) is 2.77. The highest BCUT2D eigenvalue weighted by atomic mass is 32.2. The lowest BCUT2D eigenvalue weighted by molar-refractivity contribution is -0.139. The fourth-order valence-corrected chi connectivity index (χ4v) is 2.53. The van der Waals surface area contributed by atoms with Gasteiger partial charge in [0.2, 0.25) is 0 Å². The number of hydrogen-bond acceptors (Lipinski definition) is 4. The molecular formula is C15H23N3O4S. The molecule has 0 atom stereocenters. The van der Waals surface area contributed by atoms with Gasteiger partial charge >= 0.3 is 11.8 Å². The molecule has 0 heterocycles. The number of hydrogen-bond donors (Lipinski definition) is 3. The van der Waals surface area contributed by atoms with Crippen LogP contribution >= 0.6 is 0 Å². The second kappa shape index (κ2) is 7.10. The van der Waals surface area contributed by atoms with Gasteiger partial charge in [0.25, 0.3) is 10.0 Å². The maximum absolute atomic E-state index is 12.1. The summed E-state index contributed by atoms with van der Waals surface area (Å²) < 4.78 is 24.2. The number of sulfonamides is 1. The lowest BCUT2D eigenvalue weighted by Crippen LogP contribution is -2.49. The Morgan fingerprint density at radius 2 is 1.52 bits per heavy atom. The molecule has 128 valence electrons. The van der Waals surface area contributed by atoms with Gasteiger partial charge in [-0.25, -0.2) is 8.42 Å². The van der Waals surface area contributed by atoms with Crippen LogP contribution in [0.4, 0.5) is 0 Å². The molecule has 0 aliphatic heterocycles. The number of rotatable bonds is 4. The molecule has 8 heteroatoms. The van der Waals surface area contributed by atoms with E-state index in [1.165, 1.54) is 12.1 Å². The molecule has 3 N–H and O–H groups in total. The Morgan fingerprint density at radius 3 is 1.96 bits per heavy atom. The standard InChI is InChI=1S/C15H23N3O4S/c1-10(2)16-13(19)14(20)17-18-23(21,22)12-8-6-11(7-9-12)15(3,4)5/h6-10,18H,1-5H3,(H,16,19)(H,17,20). The maximum atomic E-state index is 12.1. The first-order valence-corrected chi connectivity index (χ1v) is 8.65. The highest BCUT2D eigenvalue weighted by Crippen LogP contribution is 2.23. The first kappa shape index (κ1) is 19.1. The fourth-order valence-electron chi connectivity index (χ4n) is 1.69. The molecule has 1 rings (SSSR count). The van der Waals surface area contributed by atoms with Gasteiger partial charge in [-0.05, 0) is 37.0 Å². The lowest BCUT2D eigenvalue weighted by Gasteiger charge is -2.19. The molecule has 0 fully saturated rings. The van der Waals surface area contributed by atoms with Crippen LogP contribution in [0.25, 0.3) is 0 Å². The van der Waals surface area contributed by atoms with Crippen molar-refractivity contribution in [3.8, 4) is 0 Å². The van der Waals surface area contributed by atoms with Crippen LogP contribution in [0.3, 0.4) is 0 Å². The Bertz CT molecular complexity index is 674. The first-order valence-electron chi connectivity index (χ1n) is 7.16. The average Bonchev–Trinajstić information content (AvgIpc) is 2.43. The Balaban J connectivity index is 2.77. The second-order valence-electron chi connectivity index (χ2n) is 6.46. The summed E-state index contributed by atoms with van der Waals surface area (Å²) in [6, 6.07) is 6.09. The molecule has 0 radical (unpaired) electrons. The van der Waals surface area contributed by atoms with Crippen LogP contribution in [0.2, 0.25) is 0 Å². The Labute approximate surface area is 136 Å². The van der Waals surface area contributed by atoms with E-state index in [-0.39, 0.29) is 16.4 Å². The van der Waals surface area contributed by atoms with E-state index in [4.69, 9.17) is 0 Å². The third-order valence-electron chi connectivity index (χ3n) is 2.96. The lowest BCUT2D eigenvalue weighted by atomic mass is 9.87. The van der Waals surface area contributed by atoms with Gasteiger partial charge in [-0.1, -0.05) is 32.9 Å². The van der Waals surface area contributed by atoms with Gasteiger partial charge in [0.1, 0.15) is 0 Å². The first-order chi connectivity index (χ1) is 10.4. The summed E-state index contributed by atoms with van der Waals surface area (Å²) >= 11 is 0. The van der Waals surface area contributed by atoms with Crippen molar-refractivity contribution in [1.29, 1.82) is 0 Å². The van der Waals surface area contributed by atoms with Gasteiger partial charge in [0, 0.05) is 6.04 Å². The molecule has 0 bridgehead atoms. The van der Waals surface area contributed by atoms with Crippen LogP contribution in [0, 0.1) is 0 Å². The molecule has 0 aliphatic carbocycles. The predicted octanol–water partition coefficient (Wildman–Crippen LogP) is 0.818. The smallest absolute Gasteiger partial charge is 0.324 e. The van der Waals surface area contributed by atoms with Crippen molar-refractivity contribution in [3.63, 3.8) is 0 Å². The minimum atomic E-state index is -3.94. The van der Waals surface area contributed by atoms with Crippen molar-refractivity contribution in [2.45, 2.75) is 51.0 Å². The minimum Gasteiger partial charge on any atom is -0.346 e. The molecule has 1 aromatic carbocycles. The fraction of sp³-hybridized carbons (Fsp3) is 0.467. The monoisotopic (exact) mass is 341 g/mol. The number of carbonyl (C=O) groups is 2. The second-order valence-corrected chi connectivity index (χ2v) is 8.14. The Hall–Kier alpha value is -1.93. The summed E-state index contributed by atoms with van der Waals surface area (Å²) in [5, 5.41) is 2.36. The van der Waals surface area contributed by atoms with Crippen LogP contribution in [0.15, 0.2) is 29.2 Å². The van der Waals surface area contributed by atoms with Crippen LogP contribution in [0.1, 0.15) is 40.2 Å². The highest BCUT2D eigenvalue weighted by Gasteiger charge is 2.20. The van der Waals surface area contributed by atoms with Crippen LogP contribution in [-0.2, 0) is 25.0 Å². The molecule has 0 aromatic heterocycles. The van der Waals surface area contributed by atoms with Gasteiger partial charge in [-0.3, -0.25) is 15.0 Å². The highest BCUT2D eigenvalue weighted by molar-refractivity contribution is 7.89. The summed E-state index contributed by atoms with van der Waals surface area (Å²) in [5.74, 6) is -1.99. The van der Waals surface area contributed by atoms with Crippen molar-refractivity contribution in [1.82, 2.24) is 15.6 Å². The van der Waals surface area contributed by atoms with Crippen molar-refractivity contribution < 1.29 is 18.0 Å². The summed E-state index contributed by atoms with van der Waals surface area (Å²) in [6.45, 7) is 9.42. The van der Waals surface area contributed by atoms with Gasteiger partial charge < -0.3 is 5.32 Å². The van der Waals surface area contributed by atoms with Crippen molar-refractivity contribution in [2.24, 2.45) is 0 Å².